The third kappa shape index (κ3) is 3.26. The van der Waals surface area contributed by atoms with Crippen LogP contribution in [0.25, 0.3) is 0 Å². The van der Waals surface area contributed by atoms with Crippen LogP contribution in [-0.4, -0.2) is 43.2 Å². The molecule has 2 N–H and O–H groups in total. The van der Waals surface area contributed by atoms with Crippen LogP contribution in [0.3, 0.4) is 0 Å². The number of thiazole rings is 1. The van der Waals surface area contributed by atoms with Crippen LogP contribution >= 0.6 is 11.3 Å². The first kappa shape index (κ1) is 11.5. The van der Waals surface area contributed by atoms with Crippen molar-refractivity contribution in [2.24, 2.45) is 0 Å². The zero-order chi connectivity index (χ0) is 11.2. The number of carbonyl (C=O) groups excluding carboxylic acids is 1. The molecule has 0 aromatic carbocycles. The lowest BCUT2D eigenvalue weighted by atomic mass is 10.2. The largest absolute Gasteiger partial charge is 0.378 e. The Morgan fingerprint density at radius 3 is 3.38 bits per heavy atom. The first-order valence-corrected chi connectivity index (χ1v) is 6.26. The molecule has 1 aromatic rings. The molecule has 0 bridgehead atoms. The van der Waals surface area contributed by atoms with E-state index in [4.69, 9.17) is 4.74 Å². The third-order valence-corrected chi connectivity index (χ3v) is 3.04. The van der Waals surface area contributed by atoms with Crippen molar-refractivity contribution in [2.75, 3.05) is 26.3 Å². The van der Waals surface area contributed by atoms with E-state index in [0.29, 0.717) is 19.8 Å². The number of ether oxygens (including phenoxy) is 1. The normalized spacial score (nSPS) is 20.6. The number of hydrogen-bond donors (Lipinski definition) is 2. The summed E-state index contributed by atoms with van der Waals surface area (Å²) in [6.07, 6.45) is 0.781. The van der Waals surface area contributed by atoms with Crippen molar-refractivity contribution in [3.63, 3.8) is 0 Å². The van der Waals surface area contributed by atoms with Gasteiger partial charge in [-0.1, -0.05) is 0 Å². The van der Waals surface area contributed by atoms with Gasteiger partial charge in [-0.05, 0) is 0 Å². The number of amides is 1. The second-order valence-corrected chi connectivity index (χ2v) is 4.32. The smallest absolute Gasteiger partial charge is 0.239 e. The molecule has 5 nitrogen and oxygen atoms in total. The second kappa shape index (κ2) is 5.93. The number of carbonyl (C=O) groups is 1. The first-order chi connectivity index (χ1) is 7.86. The zero-order valence-electron chi connectivity index (χ0n) is 8.94. The standard InChI is InChI=1S/C10H15N3O2S/c14-10(9-5-15-4-3-11-9)12-2-1-8-6-16-7-13-8/h6-7,9,11H,1-5H2,(H,12,14). The van der Waals surface area contributed by atoms with Gasteiger partial charge in [0, 0.05) is 24.9 Å². The highest BCUT2D eigenvalue weighted by Gasteiger charge is 2.20. The van der Waals surface area contributed by atoms with Gasteiger partial charge in [0.25, 0.3) is 0 Å². The summed E-state index contributed by atoms with van der Waals surface area (Å²) in [5, 5.41) is 7.98. The lowest BCUT2D eigenvalue weighted by molar-refractivity contribution is -0.125. The highest BCUT2D eigenvalue weighted by atomic mass is 32.1. The molecule has 1 atom stereocenters. The van der Waals surface area contributed by atoms with Gasteiger partial charge in [0.1, 0.15) is 6.04 Å². The Hall–Kier alpha value is -0.980. The Bertz CT molecular complexity index is 323. The number of rotatable bonds is 4. The zero-order valence-corrected chi connectivity index (χ0v) is 9.76. The van der Waals surface area contributed by atoms with Crippen molar-refractivity contribution in [1.29, 1.82) is 0 Å². The maximum absolute atomic E-state index is 11.7. The number of nitrogens with one attached hydrogen (secondary N) is 2. The van der Waals surface area contributed by atoms with Gasteiger partial charge in [0.2, 0.25) is 5.91 Å². The lowest BCUT2D eigenvalue weighted by Crippen LogP contribution is -2.51. The van der Waals surface area contributed by atoms with E-state index in [9.17, 15) is 4.79 Å². The molecule has 0 spiro atoms. The van der Waals surface area contributed by atoms with Gasteiger partial charge in [-0.15, -0.1) is 11.3 Å². The van der Waals surface area contributed by atoms with E-state index in [0.717, 1.165) is 18.7 Å². The van der Waals surface area contributed by atoms with Crippen LogP contribution in [-0.2, 0) is 16.0 Å². The summed E-state index contributed by atoms with van der Waals surface area (Å²) in [5.74, 6) is 0.00919. The van der Waals surface area contributed by atoms with Gasteiger partial charge in [0.15, 0.2) is 0 Å². The molecule has 0 aliphatic carbocycles. The molecule has 1 saturated heterocycles. The van der Waals surface area contributed by atoms with Gasteiger partial charge in [-0.3, -0.25) is 4.79 Å². The average Bonchev–Trinajstić information content (AvgIpc) is 2.83. The first-order valence-electron chi connectivity index (χ1n) is 5.32. The monoisotopic (exact) mass is 241 g/mol. The average molecular weight is 241 g/mol. The molecular weight excluding hydrogens is 226 g/mol. The summed E-state index contributed by atoms with van der Waals surface area (Å²) >= 11 is 1.57. The highest BCUT2D eigenvalue weighted by molar-refractivity contribution is 7.07. The topological polar surface area (TPSA) is 63.2 Å². The molecular formula is C10H15N3O2S. The van der Waals surface area contributed by atoms with Gasteiger partial charge in [0.05, 0.1) is 24.4 Å². The molecule has 1 aliphatic heterocycles. The van der Waals surface area contributed by atoms with E-state index in [2.05, 4.69) is 15.6 Å². The van der Waals surface area contributed by atoms with Crippen molar-refractivity contribution >= 4 is 17.2 Å². The summed E-state index contributed by atoms with van der Waals surface area (Å²) in [6, 6.07) is -0.204. The molecule has 16 heavy (non-hydrogen) atoms. The van der Waals surface area contributed by atoms with Crippen LogP contribution in [0, 0.1) is 0 Å². The van der Waals surface area contributed by atoms with Crippen molar-refractivity contribution < 1.29 is 9.53 Å². The Balaban J connectivity index is 1.67. The Morgan fingerprint density at radius 1 is 1.75 bits per heavy atom. The van der Waals surface area contributed by atoms with Crippen LogP contribution < -0.4 is 10.6 Å². The summed E-state index contributed by atoms with van der Waals surface area (Å²) in [5.41, 5.74) is 2.83. The number of nitrogens with zero attached hydrogens (tertiary/aromatic N) is 1. The molecule has 1 fully saturated rings. The summed E-state index contributed by atoms with van der Waals surface area (Å²) in [7, 11) is 0. The Kier molecular flexibility index (Phi) is 4.26. The minimum absolute atomic E-state index is 0.00919. The van der Waals surface area contributed by atoms with Crippen molar-refractivity contribution in [1.82, 2.24) is 15.6 Å². The van der Waals surface area contributed by atoms with Gasteiger partial charge < -0.3 is 15.4 Å². The molecule has 2 heterocycles. The molecule has 1 aliphatic rings. The van der Waals surface area contributed by atoms with Crippen LogP contribution in [0.5, 0.6) is 0 Å². The van der Waals surface area contributed by atoms with Gasteiger partial charge >= 0.3 is 0 Å². The molecule has 0 radical (unpaired) electrons. The molecule has 1 aromatic heterocycles. The van der Waals surface area contributed by atoms with E-state index in [1.54, 1.807) is 16.8 Å². The van der Waals surface area contributed by atoms with Crippen LogP contribution in [0.15, 0.2) is 10.9 Å². The predicted molar refractivity (Wildman–Crippen MR) is 61.4 cm³/mol. The maximum atomic E-state index is 11.7. The second-order valence-electron chi connectivity index (χ2n) is 3.60. The number of hydrogen-bond acceptors (Lipinski definition) is 5. The third-order valence-electron chi connectivity index (χ3n) is 2.40. The van der Waals surface area contributed by atoms with Crippen molar-refractivity contribution in [2.45, 2.75) is 12.5 Å². The van der Waals surface area contributed by atoms with E-state index in [-0.39, 0.29) is 11.9 Å². The molecule has 88 valence electrons. The fourth-order valence-electron chi connectivity index (χ4n) is 1.53. The maximum Gasteiger partial charge on any atom is 0.239 e. The minimum Gasteiger partial charge on any atom is -0.378 e. The fraction of sp³-hybridized carbons (Fsp3) is 0.600. The van der Waals surface area contributed by atoms with Gasteiger partial charge in [-0.25, -0.2) is 4.98 Å². The van der Waals surface area contributed by atoms with Crippen molar-refractivity contribution in [3.05, 3.63) is 16.6 Å². The minimum atomic E-state index is -0.204. The highest BCUT2D eigenvalue weighted by Crippen LogP contribution is 2.00. The molecule has 6 heteroatoms. The molecule has 1 unspecified atom stereocenters. The van der Waals surface area contributed by atoms with Crippen LogP contribution in [0.2, 0.25) is 0 Å². The SMILES string of the molecule is O=C(NCCc1cscn1)C1COCCN1. The molecule has 2 rings (SSSR count). The Labute approximate surface area is 98.2 Å². The summed E-state index contributed by atoms with van der Waals surface area (Å²) < 4.78 is 5.22. The molecule has 1 amide bonds. The van der Waals surface area contributed by atoms with E-state index >= 15 is 0 Å². The lowest BCUT2D eigenvalue weighted by Gasteiger charge is -2.22. The number of aromatic nitrogens is 1. The Morgan fingerprint density at radius 2 is 2.69 bits per heavy atom. The van der Waals surface area contributed by atoms with E-state index in [1.807, 2.05) is 5.38 Å². The van der Waals surface area contributed by atoms with Crippen LogP contribution in [0.4, 0.5) is 0 Å². The van der Waals surface area contributed by atoms with Crippen molar-refractivity contribution in [3.8, 4) is 0 Å². The van der Waals surface area contributed by atoms with E-state index in [1.165, 1.54) is 0 Å². The summed E-state index contributed by atoms with van der Waals surface area (Å²) in [4.78, 5) is 15.8. The van der Waals surface area contributed by atoms with E-state index < -0.39 is 0 Å². The van der Waals surface area contributed by atoms with Gasteiger partial charge in [-0.2, -0.15) is 0 Å². The number of morpholine rings is 1. The summed E-state index contributed by atoms with van der Waals surface area (Å²) in [6.45, 7) is 2.51. The fourth-order valence-corrected chi connectivity index (χ4v) is 2.12. The predicted octanol–water partition coefficient (Wildman–Crippen LogP) is -0.210. The van der Waals surface area contributed by atoms with Crippen LogP contribution in [0.1, 0.15) is 5.69 Å². The quantitative estimate of drug-likeness (QED) is 0.765. The molecule has 0 saturated carbocycles.